The highest BCUT2D eigenvalue weighted by Gasteiger charge is 2.23. The summed E-state index contributed by atoms with van der Waals surface area (Å²) in [5.41, 5.74) is 2.18. The molecule has 0 unspecified atom stereocenters. The zero-order valence-electron chi connectivity index (χ0n) is 15.3. The quantitative estimate of drug-likeness (QED) is 0.672. The first-order valence-corrected chi connectivity index (χ1v) is 10.4. The van der Waals surface area contributed by atoms with Crippen LogP contribution in [0.5, 0.6) is 0 Å². The molecule has 144 valence electrons. The average Bonchev–Trinajstić information content (AvgIpc) is 3.18. The van der Waals surface area contributed by atoms with Crippen LogP contribution in [0.1, 0.15) is 0 Å². The number of aromatic nitrogens is 2. The van der Waals surface area contributed by atoms with E-state index >= 15 is 0 Å². The maximum absolute atomic E-state index is 12.4. The predicted octanol–water partition coefficient (Wildman–Crippen LogP) is 2.20. The molecular weight excluding hydrogens is 394 g/mol. The van der Waals surface area contributed by atoms with E-state index in [0.29, 0.717) is 11.7 Å². The summed E-state index contributed by atoms with van der Waals surface area (Å²) in [6, 6.07) is 17.8. The summed E-state index contributed by atoms with van der Waals surface area (Å²) in [5, 5.41) is 13.2. The Labute approximate surface area is 172 Å². The molecule has 8 heteroatoms. The van der Waals surface area contributed by atoms with E-state index in [2.05, 4.69) is 20.4 Å². The number of nitrogens with one attached hydrogen (secondary N) is 2. The molecule has 3 aromatic rings. The molecule has 1 aromatic heterocycles. The summed E-state index contributed by atoms with van der Waals surface area (Å²) in [4.78, 5) is 16.0. The maximum Gasteiger partial charge on any atom is 0.281 e. The predicted molar refractivity (Wildman–Crippen MR) is 113 cm³/mol. The number of quaternary nitrogens is 1. The van der Waals surface area contributed by atoms with Gasteiger partial charge in [-0.3, -0.25) is 10.1 Å². The van der Waals surface area contributed by atoms with Crippen LogP contribution < -0.4 is 15.1 Å². The second-order valence-corrected chi connectivity index (χ2v) is 8.13. The fraction of sp³-hybridized carbons (Fsp3) is 0.250. The lowest BCUT2D eigenvalue weighted by Gasteiger charge is -2.33. The fourth-order valence-corrected chi connectivity index (χ4v) is 4.16. The molecule has 28 heavy (non-hydrogen) atoms. The number of anilines is 2. The number of benzene rings is 2. The van der Waals surface area contributed by atoms with Crippen molar-refractivity contribution >= 4 is 39.7 Å². The van der Waals surface area contributed by atoms with E-state index in [9.17, 15) is 4.79 Å². The SMILES string of the molecule is O=C(C[NH+]1CCN(c2ccc(Cl)cc2)CC1)Nc1nnc(-c2ccccc2)s1. The molecule has 1 aliphatic heterocycles. The first-order valence-electron chi connectivity index (χ1n) is 9.20. The first kappa shape index (κ1) is 18.9. The van der Waals surface area contributed by atoms with E-state index in [1.54, 1.807) is 0 Å². The van der Waals surface area contributed by atoms with Crippen molar-refractivity contribution in [3.8, 4) is 10.6 Å². The van der Waals surface area contributed by atoms with E-state index in [1.807, 2.05) is 54.6 Å². The van der Waals surface area contributed by atoms with Crippen LogP contribution in [0.15, 0.2) is 54.6 Å². The molecule has 2 aromatic carbocycles. The highest BCUT2D eigenvalue weighted by atomic mass is 35.5. The lowest BCUT2D eigenvalue weighted by Crippen LogP contribution is -3.15. The highest BCUT2D eigenvalue weighted by Crippen LogP contribution is 2.25. The standard InChI is InChI=1S/C20H20ClN5OS/c21-16-6-8-17(9-7-16)26-12-10-25(11-13-26)14-18(27)22-20-24-23-19(28-20)15-4-2-1-3-5-15/h1-9H,10-14H2,(H,22,24,27)/p+1. The van der Waals surface area contributed by atoms with Gasteiger partial charge in [-0.15, -0.1) is 10.2 Å². The van der Waals surface area contributed by atoms with E-state index < -0.39 is 0 Å². The molecule has 0 aliphatic carbocycles. The third-order valence-electron chi connectivity index (χ3n) is 4.76. The van der Waals surface area contributed by atoms with Crippen LogP contribution in [-0.4, -0.2) is 48.8 Å². The van der Waals surface area contributed by atoms with Gasteiger partial charge in [0.1, 0.15) is 5.01 Å². The van der Waals surface area contributed by atoms with Gasteiger partial charge < -0.3 is 9.80 Å². The van der Waals surface area contributed by atoms with Crippen molar-refractivity contribution in [3.63, 3.8) is 0 Å². The van der Waals surface area contributed by atoms with Crippen molar-refractivity contribution in [2.24, 2.45) is 0 Å². The second kappa shape index (κ2) is 8.68. The Hall–Kier alpha value is -2.48. The molecule has 0 spiro atoms. The van der Waals surface area contributed by atoms with Crippen LogP contribution in [0, 0.1) is 0 Å². The minimum absolute atomic E-state index is 0.0225. The van der Waals surface area contributed by atoms with Crippen LogP contribution in [-0.2, 0) is 4.79 Å². The monoisotopic (exact) mass is 414 g/mol. The topological polar surface area (TPSA) is 62.6 Å². The van der Waals surface area contributed by atoms with E-state index in [-0.39, 0.29) is 5.91 Å². The van der Waals surface area contributed by atoms with E-state index in [1.165, 1.54) is 21.9 Å². The molecule has 2 heterocycles. The Kier molecular flexibility index (Phi) is 5.85. The van der Waals surface area contributed by atoms with Gasteiger partial charge in [0.05, 0.1) is 26.2 Å². The van der Waals surface area contributed by atoms with Gasteiger partial charge in [-0.1, -0.05) is 53.3 Å². The zero-order chi connectivity index (χ0) is 19.3. The molecule has 4 rings (SSSR count). The van der Waals surface area contributed by atoms with Crippen molar-refractivity contribution in [3.05, 3.63) is 59.6 Å². The molecule has 0 saturated carbocycles. The molecule has 2 N–H and O–H groups in total. The Balaban J connectivity index is 1.27. The number of piperazine rings is 1. The van der Waals surface area contributed by atoms with E-state index in [4.69, 9.17) is 11.6 Å². The average molecular weight is 415 g/mol. The van der Waals surface area contributed by atoms with Crippen molar-refractivity contribution in [2.45, 2.75) is 0 Å². The van der Waals surface area contributed by atoms with E-state index in [0.717, 1.165) is 41.8 Å². The molecular formula is C20H21ClN5OS+. The number of hydrogen-bond acceptors (Lipinski definition) is 5. The Morgan fingerprint density at radius 2 is 1.79 bits per heavy atom. The smallest absolute Gasteiger partial charge is 0.281 e. The minimum Gasteiger partial charge on any atom is -0.360 e. The minimum atomic E-state index is -0.0225. The number of carbonyl (C=O) groups is 1. The maximum atomic E-state index is 12.4. The van der Waals surface area contributed by atoms with Gasteiger partial charge in [0.2, 0.25) is 5.13 Å². The second-order valence-electron chi connectivity index (χ2n) is 6.72. The van der Waals surface area contributed by atoms with Gasteiger partial charge >= 0.3 is 0 Å². The molecule has 0 atom stereocenters. The lowest BCUT2D eigenvalue weighted by molar-refractivity contribution is -0.892. The van der Waals surface area contributed by atoms with Crippen LogP contribution in [0.25, 0.3) is 10.6 Å². The number of rotatable bonds is 5. The highest BCUT2D eigenvalue weighted by molar-refractivity contribution is 7.18. The van der Waals surface area contributed by atoms with Gasteiger partial charge in [-0.2, -0.15) is 0 Å². The van der Waals surface area contributed by atoms with Crippen LogP contribution in [0.2, 0.25) is 5.02 Å². The molecule has 1 saturated heterocycles. The first-order chi connectivity index (χ1) is 13.7. The summed E-state index contributed by atoms with van der Waals surface area (Å²) < 4.78 is 0. The number of amides is 1. The summed E-state index contributed by atoms with van der Waals surface area (Å²) in [5.74, 6) is -0.0225. The summed E-state index contributed by atoms with van der Waals surface area (Å²) in [7, 11) is 0. The Bertz CT molecular complexity index is 923. The van der Waals surface area contributed by atoms with Crippen molar-refractivity contribution < 1.29 is 9.69 Å². The molecule has 1 aliphatic rings. The number of hydrogen-bond donors (Lipinski definition) is 2. The largest absolute Gasteiger partial charge is 0.360 e. The molecule has 1 amide bonds. The van der Waals surface area contributed by atoms with Gasteiger partial charge in [0.25, 0.3) is 5.91 Å². The molecule has 6 nitrogen and oxygen atoms in total. The van der Waals surface area contributed by atoms with Crippen LogP contribution >= 0.6 is 22.9 Å². The lowest BCUT2D eigenvalue weighted by atomic mass is 10.2. The van der Waals surface area contributed by atoms with Crippen molar-refractivity contribution in [1.29, 1.82) is 0 Å². The van der Waals surface area contributed by atoms with Gasteiger partial charge in [0, 0.05) is 16.3 Å². The third kappa shape index (κ3) is 4.67. The molecule has 0 radical (unpaired) electrons. The zero-order valence-corrected chi connectivity index (χ0v) is 16.8. The Morgan fingerprint density at radius 3 is 2.50 bits per heavy atom. The summed E-state index contributed by atoms with van der Waals surface area (Å²) in [6.07, 6.45) is 0. The van der Waals surface area contributed by atoms with Gasteiger partial charge in [0.15, 0.2) is 6.54 Å². The third-order valence-corrected chi connectivity index (χ3v) is 5.90. The normalized spacial score (nSPS) is 14.8. The Morgan fingerprint density at radius 1 is 1.07 bits per heavy atom. The number of nitrogens with zero attached hydrogens (tertiary/aromatic N) is 3. The summed E-state index contributed by atoms with van der Waals surface area (Å²) in [6.45, 7) is 4.11. The number of carbonyl (C=O) groups excluding carboxylic acids is 1. The molecule has 0 bridgehead atoms. The number of halogens is 1. The van der Waals surface area contributed by atoms with Crippen LogP contribution in [0.3, 0.4) is 0 Å². The van der Waals surface area contributed by atoms with Crippen molar-refractivity contribution in [2.75, 3.05) is 42.9 Å². The van der Waals surface area contributed by atoms with Gasteiger partial charge in [-0.25, -0.2) is 0 Å². The molecule has 1 fully saturated rings. The fourth-order valence-electron chi connectivity index (χ4n) is 3.27. The van der Waals surface area contributed by atoms with Gasteiger partial charge in [-0.05, 0) is 24.3 Å². The van der Waals surface area contributed by atoms with Crippen molar-refractivity contribution in [1.82, 2.24) is 10.2 Å². The summed E-state index contributed by atoms with van der Waals surface area (Å²) >= 11 is 7.35. The van der Waals surface area contributed by atoms with Crippen LogP contribution in [0.4, 0.5) is 10.8 Å².